The highest BCUT2D eigenvalue weighted by Gasteiger charge is 2.27. The van der Waals surface area contributed by atoms with E-state index in [4.69, 9.17) is 0 Å². The van der Waals surface area contributed by atoms with Gasteiger partial charge in [0, 0.05) is 12.1 Å². The Morgan fingerprint density at radius 2 is 1.90 bits per heavy atom. The molecule has 0 aromatic carbocycles. The van der Waals surface area contributed by atoms with Crippen LogP contribution in [0.25, 0.3) is 0 Å². The summed E-state index contributed by atoms with van der Waals surface area (Å²) < 4.78 is 0. The molecule has 0 saturated carbocycles. The Morgan fingerprint density at radius 1 is 1.24 bits per heavy atom. The molecule has 0 spiro atoms. The number of aliphatic hydroxyl groups is 1. The molecular formula is C15H25N3O3. The number of aliphatic hydroxyl groups excluding tert-OH is 1. The number of aromatic nitrogens is 2. The molecule has 21 heavy (non-hydrogen) atoms. The van der Waals surface area contributed by atoms with Crippen LogP contribution < -0.4 is 5.32 Å². The molecule has 1 rings (SSSR count). The first kappa shape index (κ1) is 17.4. The van der Waals surface area contributed by atoms with Crippen molar-refractivity contribution in [3.8, 4) is 0 Å². The number of hydrogen-bond acceptors (Lipinski definition) is 5. The quantitative estimate of drug-likeness (QED) is 0.681. The molecule has 6 nitrogen and oxygen atoms in total. The van der Waals surface area contributed by atoms with Crippen molar-refractivity contribution < 1.29 is 15.0 Å². The van der Waals surface area contributed by atoms with Crippen LogP contribution >= 0.6 is 0 Å². The summed E-state index contributed by atoms with van der Waals surface area (Å²) in [6, 6.07) is 0. The molecule has 0 bridgehead atoms. The van der Waals surface area contributed by atoms with Crippen molar-refractivity contribution in [1.29, 1.82) is 0 Å². The number of nitrogens with one attached hydrogen (secondary N) is 1. The van der Waals surface area contributed by atoms with Crippen molar-refractivity contribution >= 4 is 11.8 Å². The largest absolute Gasteiger partial charge is 0.478 e. The maximum atomic E-state index is 11.6. The first-order chi connectivity index (χ1) is 9.92. The summed E-state index contributed by atoms with van der Waals surface area (Å²) in [4.78, 5) is 11.6. The van der Waals surface area contributed by atoms with Crippen LogP contribution in [0.5, 0.6) is 0 Å². The van der Waals surface area contributed by atoms with Gasteiger partial charge < -0.3 is 15.5 Å². The molecular weight excluding hydrogens is 270 g/mol. The van der Waals surface area contributed by atoms with Gasteiger partial charge in [-0.05, 0) is 38.2 Å². The monoisotopic (exact) mass is 295 g/mol. The zero-order valence-electron chi connectivity index (χ0n) is 13.2. The highest BCUT2D eigenvalue weighted by molar-refractivity contribution is 5.95. The lowest BCUT2D eigenvalue weighted by atomic mass is 9.94. The van der Waals surface area contributed by atoms with Gasteiger partial charge in [-0.15, -0.1) is 5.10 Å². The minimum absolute atomic E-state index is 0.0286. The predicted molar refractivity (Wildman–Crippen MR) is 81.8 cm³/mol. The third-order valence-electron chi connectivity index (χ3n) is 3.92. The minimum Gasteiger partial charge on any atom is -0.478 e. The van der Waals surface area contributed by atoms with Gasteiger partial charge in [-0.1, -0.05) is 20.8 Å². The summed E-state index contributed by atoms with van der Waals surface area (Å²) in [5.41, 5.74) is 1.24. The van der Waals surface area contributed by atoms with E-state index in [1.54, 1.807) is 0 Å². The topological polar surface area (TPSA) is 95.3 Å². The van der Waals surface area contributed by atoms with E-state index in [1.807, 2.05) is 27.7 Å². The second-order valence-electron chi connectivity index (χ2n) is 5.37. The highest BCUT2D eigenvalue weighted by atomic mass is 16.4. The molecule has 3 N–H and O–H groups in total. The van der Waals surface area contributed by atoms with Gasteiger partial charge in [-0.25, -0.2) is 4.79 Å². The normalized spacial score (nSPS) is 13.8. The Morgan fingerprint density at radius 3 is 2.33 bits per heavy atom. The van der Waals surface area contributed by atoms with E-state index < -0.39 is 11.5 Å². The van der Waals surface area contributed by atoms with Crippen LogP contribution in [0, 0.1) is 0 Å². The summed E-state index contributed by atoms with van der Waals surface area (Å²) in [5.74, 6) is -0.712. The fourth-order valence-electron chi connectivity index (χ4n) is 2.35. The van der Waals surface area contributed by atoms with Crippen LogP contribution in [-0.2, 0) is 12.8 Å². The summed E-state index contributed by atoms with van der Waals surface area (Å²) in [5, 5.41) is 30.1. The molecule has 6 heteroatoms. The number of nitrogens with zero attached hydrogens (tertiary/aromatic N) is 2. The molecule has 118 valence electrons. The van der Waals surface area contributed by atoms with Gasteiger partial charge in [-0.2, -0.15) is 5.10 Å². The van der Waals surface area contributed by atoms with E-state index in [0.717, 1.165) is 17.7 Å². The maximum Gasteiger partial charge on any atom is 0.339 e. The van der Waals surface area contributed by atoms with Gasteiger partial charge in [0.15, 0.2) is 5.82 Å². The van der Waals surface area contributed by atoms with Crippen molar-refractivity contribution in [2.24, 2.45) is 0 Å². The van der Waals surface area contributed by atoms with Gasteiger partial charge in [0.25, 0.3) is 0 Å². The smallest absolute Gasteiger partial charge is 0.339 e. The van der Waals surface area contributed by atoms with Crippen LogP contribution in [0.3, 0.4) is 0 Å². The number of anilines is 1. The van der Waals surface area contributed by atoms with Gasteiger partial charge in [0.1, 0.15) is 5.56 Å². The lowest BCUT2D eigenvalue weighted by molar-refractivity contribution is 0.0696. The van der Waals surface area contributed by atoms with Crippen molar-refractivity contribution in [2.75, 3.05) is 11.9 Å². The Balaban J connectivity index is 3.33. The molecule has 0 amide bonds. The van der Waals surface area contributed by atoms with E-state index in [2.05, 4.69) is 15.5 Å². The predicted octanol–water partition coefficient (Wildman–Crippen LogP) is 2.26. The zero-order valence-corrected chi connectivity index (χ0v) is 13.2. The second-order valence-corrected chi connectivity index (χ2v) is 5.37. The Kier molecular flexibility index (Phi) is 6.08. The van der Waals surface area contributed by atoms with Gasteiger partial charge in [0.05, 0.1) is 5.69 Å². The third kappa shape index (κ3) is 3.91. The number of aryl methyl sites for hydroxylation is 1. The van der Waals surface area contributed by atoms with Gasteiger partial charge in [-0.3, -0.25) is 0 Å². The van der Waals surface area contributed by atoms with E-state index in [-0.39, 0.29) is 18.0 Å². The fraction of sp³-hybridized carbons (Fsp3) is 0.667. The molecule has 0 aliphatic heterocycles. The summed E-state index contributed by atoms with van der Waals surface area (Å²) in [6.45, 7) is 7.80. The van der Waals surface area contributed by atoms with Gasteiger partial charge >= 0.3 is 5.97 Å². The molecule has 1 atom stereocenters. The standard InChI is InChI=1S/C15H25N3O3/c1-5-10-11(6-2)17-18-13(12(10)14(20)21)16-15(4,7-3)8-9-19/h19H,5-9H2,1-4H3,(H,16,18)(H,20,21). The van der Waals surface area contributed by atoms with E-state index >= 15 is 0 Å². The molecule has 1 aromatic heterocycles. The number of carbonyl (C=O) groups is 1. The first-order valence-corrected chi connectivity index (χ1v) is 7.43. The maximum absolute atomic E-state index is 11.6. The van der Waals surface area contributed by atoms with Crippen molar-refractivity contribution in [3.63, 3.8) is 0 Å². The molecule has 0 aliphatic carbocycles. The fourth-order valence-corrected chi connectivity index (χ4v) is 2.35. The van der Waals surface area contributed by atoms with Crippen LogP contribution in [0.4, 0.5) is 5.82 Å². The third-order valence-corrected chi connectivity index (χ3v) is 3.92. The zero-order chi connectivity index (χ0) is 16.0. The Bertz CT molecular complexity index is 505. The van der Waals surface area contributed by atoms with Crippen LogP contribution in [-0.4, -0.2) is 38.5 Å². The van der Waals surface area contributed by atoms with E-state index in [0.29, 0.717) is 19.3 Å². The minimum atomic E-state index is -0.999. The average molecular weight is 295 g/mol. The number of rotatable bonds is 8. The summed E-state index contributed by atoms with van der Waals surface area (Å²) >= 11 is 0. The molecule has 1 heterocycles. The van der Waals surface area contributed by atoms with Crippen molar-refractivity contribution in [1.82, 2.24) is 10.2 Å². The van der Waals surface area contributed by atoms with Gasteiger partial charge in [0.2, 0.25) is 0 Å². The lowest BCUT2D eigenvalue weighted by Gasteiger charge is -2.30. The van der Waals surface area contributed by atoms with Crippen molar-refractivity contribution in [2.45, 2.75) is 58.9 Å². The SMILES string of the molecule is CCc1nnc(NC(C)(CC)CCO)c(C(=O)O)c1CC. The van der Waals surface area contributed by atoms with E-state index in [9.17, 15) is 15.0 Å². The molecule has 0 saturated heterocycles. The van der Waals surface area contributed by atoms with Crippen LogP contribution in [0.15, 0.2) is 0 Å². The summed E-state index contributed by atoms with van der Waals surface area (Å²) in [7, 11) is 0. The van der Waals surface area contributed by atoms with Crippen LogP contribution in [0.1, 0.15) is 62.2 Å². The number of hydrogen-bond donors (Lipinski definition) is 3. The Hall–Kier alpha value is -1.69. The molecule has 0 aliphatic rings. The van der Waals surface area contributed by atoms with Crippen molar-refractivity contribution in [3.05, 3.63) is 16.8 Å². The molecule has 0 fully saturated rings. The molecule has 0 radical (unpaired) electrons. The number of carboxylic acid groups (broad SMARTS) is 1. The first-order valence-electron chi connectivity index (χ1n) is 7.43. The second kappa shape index (κ2) is 7.36. The number of aromatic carboxylic acids is 1. The van der Waals surface area contributed by atoms with Crippen LogP contribution in [0.2, 0.25) is 0 Å². The average Bonchev–Trinajstić information content (AvgIpc) is 2.46. The molecule has 1 aromatic rings. The Labute approximate surface area is 125 Å². The summed E-state index contributed by atoms with van der Waals surface area (Å²) in [6.07, 6.45) is 2.50. The van der Waals surface area contributed by atoms with E-state index in [1.165, 1.54) is 0 Å². The molecule has 1 unspecified atom stereocenters. The lowest BCUT2D eigenvalue weighted by Crippen LogP contribution is -2.36. The highest BCUT2D eigenvalue weighted by Crippen LogP contribution is 2.26. The number of carboxylic acids is 1.